The number of para-hydroxylation sites is 1. The zero-order valence-corrected chi connectivity index (χ0v) is 14.8. The fourth-order valence-corrected chi connectivity index (χ4v) is 3.36. The third kappa shape index (κ3) is 3.56. The summed E-state index contributed by atoms with van der Waals surface area (Å²) in [7, 11) is 1.84. The Morgan fingerprint density at radius 2 is 2.08 bits per heavy atom. The minimum atomic E-state index is 0.391. The number of furan rings is 1. The maximum absolute atomic E-state index is 5.97. The number of likely N-dealkylation sites (tertiary alicyclic amines) is 1. The van der Waals surface area contributed by atoms with E-state index < -0.39 is 0 Å². The molecule has 2 aromatic rings. The largest absolute Gasteiger partial charge is 0.459 e. The predicted molar refractivity (Wildman–Crippen MR) is 97.4 cm³/mol. The van der Waals surface area contributed by atoms with Crippen LogP contribution >= 0.6 is 0 Å². The highest BCUT2D eigenvalue weighted by molar-refractivity contribution is 5.83. The standard InChI is InChI=1S/C19H27N3O2/c1-4-23-15-9-11-22(12-10-15)19(20-3)21-13-18-14(2)16-7-5-6-8-17(16)24-18/h5-8,15H,4,9-13H2,1-3H3,(H,20,21). The molecule has 0 unspecified atom stereocenters. The summed E-state index contributed by atoms with van der Waals surface area (Å²) in [5, 5.41) is 4.63. The van der Waals surface area contributed by atoms with Gasteiger partial charge in [-0.05, 0) is 32.8 Å². The van der Waals surface area contributed by atoms with E-state index in [1.807, 2.05) is 25.2 Å². The van der Waals surface area contributed by atoms with Gasteiger partial charge in [-0.2, -0.15) is 0 Å². The van der Waals surface area contributed by atoms with Crippen molar-refractivity contribution < 1.29 is 9.15 Å². The molecule has 0 atom stereocenters. The average molecular weight is 329 g/mol. The summed E-state index contributed by atoms with van der Waals surface area (Å²) in [5.41, 5.74) is 2.14. The third-order valence-electron chi connectivity index (χ3n) is 4.71. The minimum Gasteiger partial charge on any atom is -0.459 e. The fourth-order valence-electron chi connectivity index (χ4n) is 3.36. The van der Waals surface area contributed by atoms with Crippen molar-refractivity contribution in [2.24, 2.45) is 4.99 Å². The number of aliphatic imine (C=N–C) groups is 1. The Morgan fingerprint density at radius 1 is 1.33 bits per heavy atom. The highest BCUT2D eigenvalue weighted by Gasteiger charge is 2.22. The maximum Gasteiger partial charge on any atom is 0.194 e. The van der Waals surface area contributed by atoms with Crippen molar-refractivity contribution in [2.75, 3.05) is 26.7 Å². The molecule has 0 aliphatic carbocycles. The molecule has 1 saturated heterocycles. The zero-order valence-electron chi connectivity index (χ0n) is 14.8. The number of piperidine rings is 1. The molecule has 0 spiro atoms. The van der Waals surface area contributed by atoms with Gasteiger partial charge in [0.25, 0.3) is 0 Å². The Balaban J connectivity index is 1.61. The van der Waals surface area contributed by atoms with E-state index in [1.165, 1.54) is 10.9 Å². The normalized spacial score (nSPS) is 16.8. The zero-order chi connectivity index (χ0) is 16.9. The van der Waals surface area contributed by atoms with Crippen LogP contribution in [0.5, 0.6) is 0 Å². The fraction of sp³-hybridized carbons (Fsp3) is 0.526. The Bertz CT molecular complexity index is 700. The summed E-state index contributed by atoms with van der Waals surface area (Å²) < 4.78 is 11.7. The van der Waals surface area contributed by atoms with Crippen LogP contribution in [0.2, 0.25) is 0 Å². The van der Waals surface area contributed by atoms with Crippen molar-refractivity contribution in [3.8, 4) is 0 Å². The summed E-state index contributed by atoms with van der Waals surface area (Å²) in [4.78, 5) is 6.73. The quantitative estimate of drug-likeness (QED) is 0.690. The van der Waals surface area contributed by atoms with E-state index in [1.54, 1.807) is 0 Å². The lowest BCUT2D eigenvalue weighted by Crippen LogP contribution is -2.46. The third-order valence-corrected chi connectivity index (χ3v) is 4.71. The highest BCUT2D eigenvalue weighted by Crippen LogP contribution is 2.24. The number of hydrogen-bond donors (Lipinski definition) is 1. The lowest BCUT2D eigenvalue weighted by atomic mass is 10.1. The lowest BCUT2D eigenvalue weighted by molar-refractivity contribution is 0.0263. The highest BCUT2D eigenvalue weighted by atomic mass is 16.5. The molecule has 0 amide bonds. The Kier molecular flexibility index (Phi) is 5.41. The number of nitrogens with one attached hydrogen (secondary N) is 1. The molecule has 5 heteroatoms. The number of benzene rings is 1. The summed E-state index contributed by atoms with van der Waals surface area (Å²) in [6.07, 6.45) is 2.50. The van der Waals surface area contributed by atoms with E-state index in [2.05, 4.69) is 35.1 Å². The van der Waals surface area contributed by atoms with Gasteiger partial charge in [0.1, 0.15) is 11.3 Å². The first-order valence-corrected chi connectivity index (χ1v) is 8.77. The van der Waals surface area contributed by atoms with Gasteiger partial charge in [0, 0.05) is 37.7 Å². The minimum absolute atomic E-state index is 0.391. The molecule has 3 rings (SSSR count). The van der Waals surface area contributed by atoms with Crippen LogP contribution in [0.25, 0.3) is 11.0 Å². The first kappa shape index (κ1) is 16.8. The van der Waals surface area contributed by atoms with Gasteiger partial charge in [0.05, 0.1) is 12.6 Å². The second kappa shape index (κ2) is 7.71. The van der Waals surface area contributed by atoms with Gasteiger partial charge in [-0.25, -0.2) is 0 Å². The van der Waals surface area contributed by atoms with Crippen molar-refractivity contribution >= 4 is 16.9 Å². The molecule has 1 aromatic heterocycles. The van der Waals surface area contributed by atoms with E-state index in [0.29, 0.717) is 12.6 Å². The molecule has 1 aliphatic rings. The molecular formula is C19H27N3O2. The predicted octanol–water partition coefficient (Wildman–Crippen LogP) is 3.32. The summed E-state index contributed by atoms with van der Waals surface area (Å²) in [6.45, 7) is 7.57. The van der Waals surface area contributed by atoms with Crippen molar-refractivity contribution in [1.82, 2.24) is 10.2 Å². The molecule has 5 nitrogen and oxygen atoms in total. The molecule has 0 saturated carbocycles. The molecule has 1 aromatic carbocycles. The second-order valence-electron chi connectivity index (χ2n) is 6.19. The van der Waals surface area contributed by atoms with Crippen LogP contribution in [0.15, 0.2) is 33.7 Å². The van der Waals surface area contributed by atoms with Gasteiger partial charge in [-0.1, -0.05) is 18.2 Å². The van der Waals surface area contributed by atoms with Crippen molar-refractivity contribution in [2.45, 2.75) is 39.3 Å². The number of fused-ring (bicyclic) bond motifs is 1. The van der Waals surface area contributed by atoms with E-state index >= 15 is 0 Å². The maximum atomic E-state index is 5.97. The van der Waals surface area contributed by atoms with Crippen LogP contribution in [0.1, 0.15) is 31.1 Å². The molecule has 1 fully saturated rings. The molecule has 2 heterocycles. The van der Waals surface area contributed by atoms with Crippen LogP contribution in [0, 0.1) is 6.92 Å². The monoisotopic (exact) mass is 329 g/mol. The first-order valence-electron chi connectivity index (χ1n) is 8.77. The molecule has 0 bridgehead atoms. The SMILES string of the molecule is CCOC1CCN(C(=NC)NCc2oc3ccccc3c2C)CC1. The van der Waals surface area contributed by atoms with E-state index in [9.17, 15) is 0 Å². The molecule has 24 heavy (non-hydrogen) atoms. The molecular weight excluding hydrogens is 302 g/mol. The summed E-state index contributed by atoms with van der Waals surface area (Å²) in [5.74, 6) is 1.91. The van der Waals surface area contributed by atoms with Gasteiger partial charge in [0.15, 0.2) is 5.96 Å². The lowest BCUT2D eigenvalue weighted by Gasteiger charge is -2.33. The van der Waals surface area contributed by atoms with E-state index in [4.69, 9.17) is 9.15 Å². The van der Waals surface area contributed by atoms with Crippen molar-refractivity contribution in [3.63, 3.8) is 0 Å². The van der Waals surface area contributed by atoms with E-state index in [-0.39, 0.29) is 0 Å². The van der Waals surface area contributed by atoms with E-state index in [0.717, 1.165) is 49.8 Å². The molecule has 1 aliphatic heterocycles. The molecule has 1 N–H and O–H groups in total. The van der Waals surface area contributed by atoms with Gasteiger partial charge in [0.2, 0.25) is 0 Å². The number of rotatable bonds is 4. The number of ether oxygens (including phenoxy) is 1. The Hall–Kier alpha value is -2.01. The van der Waals surface area contributed by atoms with Crippen LogP contribution in [-0.2, 0) is 11.3 Å². The van der Waals surface area contributed by atoms with Gasteiger partial charge in [-0.15, -0.1) is 0 Å². The van der Waals surface area contributed by atoms with Crippen molar-refractivity contribution in [3.05, 3.63) is 35.6 Å². The number of aryl methyl sites for hydroxylation is 1. The van der Waals surface area contributed by atoms with Crippen LogP contribution in [0.4, 0.5) is 0 Å². The number of guanidine groups is 1. The topological polar surface area (TPSA) is 50.0 Å². The van der Waals surface area contributed by atoms with Gasteiger partial charge >= 0.3 is 0 Å². The van der Waals surface area contributed by atoms with Gasteiger partial charge in [-0.3, -0.25) is 4.99 Å². The summed E-state index contributed by atoms with van der Waals surface area (Å²) >= 11 is 0. The Morgan fingerprint density at radius 3 is 2.75 bits per heavy atom. The number of nitrogens with zero attached hydrogens (tertiary/aromatic N) is 2. The summed E-state index contributed by atoms with van der Waals surface area (Å²) in [6, 6.07) is 8.16. The van der Waals surface area contributed by atoms with Crippen molar-refractivity contribution in [1.29, 1.82) is 0 Å². The first-order chi connectivity index (χ1) is 11.7. The van der Waals surface area contributed by atoms with Crippen LogP contribution < -0.4 is 5.32 Å². The second-order valence-corrected chi connectivity index (χ2v) is 6.19. The molecule has 130 valence electrons. The van der Waals surface area contributed by atoms with Gasteiger partial charge < -0.3 is 19.4 Å². The van der Waals surface area contributed by atoms with Crippen LogP contribution in [-0.4, -0.2) is 43.7 Å². The van der Waals surface area contributed by atoms with Crippen LogP contribution in [0.3, 0.4) is 0 Å². The molecule has 0 radical (unpaired) electrons. The Labute approximate surface area is 143 Å². The smallest absolute Gasteiger partial charge is 0.194 e. The average Bonchev–Trinajstić information content (AvgIpc) is 2.93. The number of hydrogen-bond acceptors (Lipinski definition) is 3.